The third-order valence-corrected chi connectivity index (χ3v) is 6.07. The summed E-state index contributed by atoms with van der Waals surface area (Å²) in [5.74, 6) is 2.46. The number of hydrogen-bond donors (Lipinski definition) is 0. The summed E-state index contributed by atoms with van der Waals surface area (Å²) in [6.45, 7) is 2.18. The standard InChI is InChI=1S/C26H26O2S/c1-19-16-21(7-6-20-4-3-5-20)18-26(17-19)29-25-14-12-24(13-15-25)28-23-10-8-22(27-2)9-11-23/h6,8-18H,3-5,7H2,1-2H3. The van der Waals surface area contributed by atoms with Gasteiger partial charge in [0.05, 0.1) is 7.11 Å². The van der Waals surface area contributed by atoms with Crippen LogP contribution in [0.1, 0.15) is 30.4 Å². The first-order chi connectivity index (χ1) is 14.2. The molecule has 0 unspecified atom stereocenters. The van der Waals surface area contributed by atoms with E-state index in [-0.39, 0.29) is 0 Å². The van der Waals surface area contributed by atoms with Crippen molar-refractivity contribution in [3.8, 4) is 17.2 Å². The molecule has 0 atom stereocenters. The van der Waals surface area contributed by atoms with Crippen LogP contribution < -0.4 is 9.47 Å². The first kappa shape index (κ1) is 19.7. The van der Waals surface area contributed by atoms with Crippen LogP contribution in [0, 0.1) is 6.92 Å². The first-order valence-electron chi connectivity index (χ1n) is 10.1. The molecule has 0 N–H and O–H groups in total. The molecular formula is C26H26O2S. The van der Waals surface area contributed by atoms with E-state index < -0.39 is 0 Å². The third-order valence-electron chi connectivity index (χ3n) is 5.09. The van der Waals surface area contributed by atoms with Gasteiger partial charge in [-0.25, -0.2) is 0 Å². The van der Waals surface area contributed by atoms with Crippen molar-refractivity contribution >= 4 is 11.8 Å². The molecule has 0 heterocycles. The SMILES string of the molecule is COc1ccc(Oc2ccc(Sc3cc(C)cc(CC=C4CCC4)c3)cc2)cc1. The highest BCUT2D eigenvalue weighted by Crippen LogP contribution is 2.32. The van der Waals surface area contributed by atoms with Gasteiger partial charge in [0.25, 0.3) is 0 Å². The topological polar surface area (TPSA) is 18.5 Å². The highest BCUT2D eigenvalue weighted by molar-refractivity contribution is 7.99. The van der Waals surface area contributed by atoms with Gasteiger partial charge < -0.3 is 9.47 Å². The van der Waals surface area contributed by atoms with Gasteiger partial charge in [0, 0.05) is 9.79 Å². The summed E-state index contributed by atoms with van der Waals surface area (Å²) in [4.78, 5) is 2.50. The van der Waals surface area contributed by atoms with Crippen LogP contribution in [0.2, 0.25) is 0 Å². The zero-order chi connectivity index (χ0) is 20.1. The number of aryl methyl sites for hydroxylation is 1. The molecule has 0 amide bonds. The normalized spacial score (nSPS) is 13.0. The number of hydrogen-bond acceptors (Lipinski definition) is 3. The third kappa shape index (κ3) is 5.45. The van der Waals surface area contributed by atoms with E-state index >= 15 is 0 Å². The Labute approximate surface area is 177 Å². The maximum Gasteiger partial charge on any atom is 0.127 e. The smallest absolute Gasteiger partial charge is 0.127 e. The summed E-state index contributed by atoms with van der Waals surface area (Å²) in [6, 6.07) is 22.8. The molecule has 0 radical (unpaired) electrons. The number of rotatable bonds is 7. The fourth-order valence-electron chi connectivity index (χ4n) is 3.34. The molecule has 1 fully saturated rings. The van der Waals surface area contributed by atoms with Gasteiger partial charge in [-0.15, -0.1) is 0 Å². The molecule has 0 bridgehead atoms. The minimum Gasteiger partial charge on any atom is -0.497 e. The van der Waals surface area contributed by atoms with Gasteiger partial charge in [-0.1, -0.05) is 29.5 Å². The maximum absolute atomic E-state index is 5.92. The molecule has 1 saturated carbocycles. The van der Waals surface area contributed by atoms with E-state index in [1.807, 2.05) is 36.4 Å². The van der Waals surface area contributed by atoms with Crippen LogP contribution in [-0.2, 0) is 6.42 Å². The molecule has 29 heavy (non-hydrogen) atoms. The van der Waals surface area contributed by atoms with E-state index in [0.29, 0.717) is 0 Å². The number of allylic oxidation sites excluding steroid dienone is 2. The van der Waals surface area contributed by atoms with Crippen molar-refractivity contribution in [3.05, 3.63) is 89.5 Å². The summed E-state index contributed by atoms with van der Waals surface area (Å²) >= 11 is 1.80. The Morgan fingerprint density at radius 2 is 1.48 bits per heavy atom. The molecule has 148 valence electrons. The van der Waals surface area contributed by atoms with Gasteiger partial charge in [0.1, 0.15) is 17.2 Å². The summed E-state index contributed by atoms with van der Waals surface area (Å²) in [6.07, 6.45) is 7.40. The van der Waals surface area contributed by atoms with Crippen LogP contribution in [0.3, 0.4) is 0 Å². The summed E-state index contributed by atoms with van der Waals surface area (Å²) in [5.41, 5.74) is 4.33. The summed E-state index contributed by atoms with van der Waals surface area (Å²) < 4.78 is 11.1. The number of ether oxygens (including phenoxy) is 2. The molecule has 3 aromatic rings. The molecule has 1 aliphatic carbocycles. The zero-order valence-corrected chi connectivity index (χ0v) is 17.8. The lowest BCUT2D eigenvalue weighted by molar-refractivity contribution is 0.413. The van der Waals surface area contributed by atoms with Crippen molar-refractivity contribution in [1.29, 1.82) is 0 Å². The predicted octanol–water partition coefficient (Wildman–Crippen LogP) is 7.60. The van der Waals surface area contributed by atoms with Crippen molar-refractivity contribution in [2.24, 2.45) is 0 Å². The van der Waals surface area contributed by atoms with E-state index in [2.05, 4.69) is 43.3 Å². The van der Waals surface area contributed by atoms with Crippen molar-refractivity contribution in [2.45, 2.75) is 42.4 Å². The van der Waals surface area contributed by atoms with Crippen LogP contribution >= 0.6 is 11.8 Å². The van der Waals surface area contributed by atoms with Gasteiger partial charge >= 0.3 is 0 Å². The lowest BCUT2D eigenvalue weighted by Gasteiger charge is -2.16. The molecule has 0 spiro atoms. The summed E-state index contributed by atoms with van der Waals surface area (Å²) in [7, 11) is 1.66. The van der Waals surface area contributed by atoms with Crippen LogP contribution in [0.25, 0.3) is 0 Å². The number of benzene rings is 3. The van der Waals surface area contributed by atoms with Crippen LogP contribution in [-0.4, -0.2) is 7.11 Å². The largest absolute Gasteiger partial charge is 0.497 e. The van der Waals surface area contributed by atoms with Crippen molar-refractivity contribution in [3.63, 3.8) is 0 Å². The Bertz CT molecular complexity index is 982. The van der Waals surface area contributed by atoms with Crippen molar-refractivity contribution in [1.82, 2.24) is 0 Å². The fourth-order valence-corrected chi connectivity index (χ4v) is 4.34. The Morgan fingerprint density at radius 1 is 0.828 bits per heavy atom. The quantitative estimate of drug-likeness (QED) is 0.379. The van der Waals surface area contributed by atoms with E-state index in [1.54, 1.807) is 24.4 Å². The average molecular weight is 403 g/mol. The Morgan fingerprint density at radius 3 is 2.10 bits per heavy atom. The highest BCUT2D eigenvalue weighted by Gasteiger charge is 2.08. The Balaban J connectivity index is 1.40. The molecule has 0 saturated heterocycles. The van der Waals surface area contributed by atoms with Crippen molar-refractivity contribution in [2.75, 3.05) is 7.11 Å². The van der Waals surface area contributed by atoms with Crippen molar-refractivity contribution < 1.29 is 9.47 Å². The second-order valence-electron chi connectivity index (χ2n) is 7.43. The summed E-state index contributed by atoms with van der Waals surface area (Å²) in [5, 5.41) is 0. The predicted molar refractivity (Wildman–Crippen MR) is 120 cm³/mol. The lowest BCUT2D eigenvalue weighted by Crippen LogP contribution is -1.97. The van der Waals surface area contributed by atoms with Crippen LogP contribution in [0.15, 0.2) is 88.2 Å². The van der Waals surface area contributed by atoms with Gasteiger partial charge in [-0.2, -0.15) is 0 Å². The van der Waals surface area contributed by atoms with E-state index in [0.717, 1.165) is 23.7 Å². The van der Waals surface area contributed by atoms with Gasteiger partial charge in [-0.3, -0.25) is 0 Å². The fraction of sp³-hybridized carbons (Fsp3) is 0.231. The van der Waals surface area contributed by atoms with Gasteiger partial charge in [-0.05, 0) is 104 Å². The molecular weight excluding hydrogens is 376 g/mol. The maximum atomic E-state index is 5.92. The van der Waals surface area contributed by atoms with Gasteiger partial charge in [0.15, 0.2) is 0 Å². The molecule has 0 aliphatic heterocycles. The second-order valence-corrected chi connectivity index (χ2v) is 8.57. The average Bonchev–Trinajstić information content (AvgIpc) is 2.68. The Kier molecular flexibility index (Phi) is 6.26. The highest BCUT2D eigenvalue weighted by atomic mass is 32.2. The van der Waals surface area contributed by atoms with E-state index in [1.165, 1.54) is 40.2 Å². The first-order valence-corrected chi connectivity index (χ1v) is 10.9. The lowest BCUT2D eigenvalue weighted by atomic mass is 9.91. The van der Waals surface area contributed by atoms with E-state index in [4.69, 9.17) is 9.47 Å². The minimum atomic E-state index is 0.801. The Hall–Kier alpha value is -2.65. The molecule has 0 aromatic heterocycles. The molecule has 4 rings (SSSR count). The zero-order valence-electron chi connectivity index (χ0n) is 17.0. The molecule has 3 heteroatoms. The molecule has 2 nitrogen and oxygen atoms in total. The van der Waals surface area contributed by atoms with Crippen LogP contribution in [0.5, 0.6) is 17.2 Å². The molecule has 3 aromatic carbocycles. The second kappa shape index (κ2) is 9.23. The number of methoxy groups -OCH3 is 1. The molecule has 1 aliphatic rings. The monoisotopic (exact) mass is 402 g/mol. The van der Waals surface area contributed by atoms with E-state index in [9.17, 15) is 0 Å². The van der Waals surface area contributed by atoms with Crippen LogP contribution in [0.4, 0.5) is 0 Å². The minimum absolute atomic E-state index is 0.801. The van der Waals surface area contributed by atoms with Gasteiger partial charge in [0.2, 0.25) is 0 Å².